The Bertz CT molecular complexity index is 881. The number of rotatable bonds is 4. The van der Waals surface area contributed by atoms with Gasteiger partial charge in [0, 0.05) is 23.7 Å². The third-order valence-electron chi connectivity index (χ3n) is 4.61. The summed E-state index contributed by atoms with van der Waals surface area (Å²) in [6.07, 6.45) is 5.85. The Morgan fingerprint density at radius 2 is 2.04 bits per heavy atom. The first-order chi connectivity index (χ1) is 12.2. The van der Waals surface area contributed by atoms with E-state index in [2.05, 4.69) is 32.1 Å². The van der Waals surface area contributed by atoms with Crippen molar-refractivity contribution in [2.24, 2.45) is 0 Å². The van der Waals surface area contributed by atoms with Crippen molar-refractivity contribution in [3.05, 3.63) is 40.5 Å². The van der Waals surface area contributed by atoms with Crippen molar-refractivity contribution in [2.45, 2.75) is 38.8 Å². The molecule has 0 aliphatic carbocycles. The van der Waals surface area contributed by atoms with Crippen LogP contribution in [0.2, 0.25) is 5.15 Å². The van der Waals surface area contributed by atoms with Crippen LogP contribution in [-0.2, 0) is 6.54 Å². The third-order valence-corrected chi connectivity index (χ3v) is 5.77. The van der Waals surface area contributed by atoms with Gasteiger partial charge < -0.3 is 5.32 Å². The maximum absolute atomic E-state index is 6.27. The lowest BCUT2D eigenvalue weighted by Gasteiger charge is -2.32. The van der Waals surface area contributed by atoms with Crippen molar-refractivity contribution >= 4 is 44.9 Å². The molecule has 1 N–H and O–H groups in total. The molecule has 2 aromatic heterocycles. The molecule has 3 aromatic rings. The van der Waals surface area contributed by atoms with Gasteiger partial charge in [0.1, 0.15) is 0 Å². The molecule has 3 heterocycles. The number of hydrogen-bond acceptors (Lipinski definition) is 6. The van der Waals surface area contributed by atoms with Crippen LogP contribution in [0.25, 0.3) is 11.0 Å². The third kappa shape index (κ3) is 3.76. The van der Waals surface area contributed by atoms with Crippen LogP contribution in [0, 0.1) is 0 Å². The van der Waals surface area contributed by atoms with Gasteiger partial charge in [0.2, 0.25) is 0 Å². The Kier molecular flexibility index (Phi) is 4.83. The molecule has 0 saturated carbocycles. The smallest absolute Gasteiger partial charge is 0.188 e. The molecule has 1 unspecified atom stereocenters. The van der Waals surface area contributed by atoms with Crippen LogP contribution in [0.3, 0.4) is 0 Å². The molecule has 1 saturated heterocycles. The Labute approximate surface area is 156 Å². The van der Waals surface area contributed by atoms with Gasteiger partial charge in [0.05, 0.1) is 11.0 Å². The molecule has 1 atom stereocenters. The molecule has 1 aliphatic heterocycles. The van der Waals surface area contributed by atoms with Crippen molar-refractivity contribution in [3.8, 4) is 0 Å². The monoisotopic (exact) mass is 373 g/mol. The average Bonchev–Trinajstić information content (AvgIpc) is 3.05. The molecular weight excluding hydrogens is 354 g/mol. The van der Waals surface area contributed by atoms with Gasteiger partial charge in [-0.25, -0.2) is 15.0 Å². The second kappa shape index (κ2) is 7.23. The number of fused-ring (bicyclic) bond motifs is 1. The van der Waals surface area contributed by atoms with Gasteiger partial charge in [0.15, 0.2) is 16.1 Å². The summed E-state index contributed by atoms with van der Waals surface area (Å²) in [6, 6.07) is 8.34. The lowest BCUT2D eigenvalue weighted by atomic mass is 10.0. The average molecular weight is 374 g/mol. The molecule has 5 nitrogen and oxygen atoms in total. The number of para-hydroxylation sites is 2. The summed E-state index contributed by atoms with van der Waals surface area (Å²) < 4.78 is 0. The molecular formula is C18H20ClN5S. The first-order valence-electron chi connectivity index (χ1n) is 8.57. The molecule has 130 valence electrons. The normalized spacial score (nSPS) is 18.6. The summed E-state index contributed by atoms with van der Waals surface area (Å²) >= 11 is 7.91. The fourth-order valence-electron chi connectivity index (χ4n) is 3.19. The standard InChI is InChI=1S/C18H20ClN5S/c1-12-6-4-5-9-24(12)11-13-10-20-18(25-13)23-17-16(19)21-14-7-2-3-8-15(14)22-17/h2-3,7-8,10,12H,4-6,9,11H2,1H3,(H,20,22,23). The zero-order valence-corrected chi connectivity index (χ0v) is 15.6. The van der Waals surface area contributed by atoms with Crippen molar-refractivity contribution < 1.29 is 0 Å². The second-order valence-electron chi connectivity index (χ2n) is 6.42. The van der Waals surface area contributed by atoms with Gasteiger partial charge >= 0.3 is 0 Å². The number of nitrogens with zero attached hydrogens (tertiary/aromatic N) is 4. The predicted molar refractivity (Wildman–Crippen MR) is 104 cm³/mol. The molecule has 1 aromatic carbocycles. The summed E-state index contributed by atoms with van der Waals surface area (Å²) in [5, 5.41) is 4.38. The Balaban J connectivity index is 1.50. The van der Waals surface area contributed by atoms with E-state index in [1.54, 1.807) is 11.3 Å². The van der Waals surface area contributed by atoms with Crippen LogP contribution in [0.15, 0.2) is 30.5 Å². The lowest BCUT2D eigenvalue weighted by molar-refractivity contribution is 0.154. The van der Waals surface area contributed by atoms with Crippen molar-refractivity contribution in [1.82, 2.24) is 19.9 Å². The number of anilines is 2. The van der Waals surface area contributed by atoms with Gasteiger partial charge in [-0.3, -0.25) is 4.90 Å². The van der Waals surface area contributed by atoms with Crippen LogP contribution in [0.4, 0.5) is 10.9 Å². The minimum absolute atomic E-state index is 0.361. The highest BCUT2D eigenvalue weighted by atomic mass is 35.5. The summed E-state index contributed by atoms with van der Waals surface area (Å²) in [5.41, 5.74) is 1.60. The molecule has 0 bridgehead atoms. The minimum Gasteiger partial charge on any atom is -0.314 e. The van der Waals surface area contributed by atoms with E-state index in [-0.39, 0.29) is 0 Å². The van der Waals surface area contributed by atoms with Gasteiger partial charge in [-0.1, -0.05) is 30.2 Å². The fourth-order valence-corrected chi connectivity index (χ4v) is 4.21. The highest BCUT2D eigenvalue weighted by molar-refractivity contribution is 7.15. The van der Waals surface area contributed by atoms with Gasteiger partial charge in [-0.05, 0) is 38.4 Å². The second-order valence-corrected chi connectivity index (χ2v) is 7.90. The first-order valence-corrected chi connectivity index (χ1v) is 9.76. The van der Waals surface area contributed by atoms with E-state index in [1.165, 1.54) is 30.7 Å². The number of likely N-dealkylation sites (tertiary alicyclic amines) is 1. The van der Waals surface area contributed by atoms with E-state index < -0.39 is 0 Å². The number of benzene rings is 1. The van der Waals surface area contributed by atoms with Crippen LogP contribution in [0.1, 0.15) is 31.1 Å². The maximum Gasteiger partial charge on any atom is 0.188 e. The number of halogens is 1. The number of nitrogens with one attached hydrogen (secondary N) is 1. The molecule has 7 heteroatoms. The van der Waals surface area contributed by atoms with E-state index in [4.69, 9.17) is 11.6 Å². The number of hydrogen-bond donors (Lipinski definition) is 1. The zero-order chi connectivity index (χ0) is 17.2. The zero-order valence-electron chi connectivity index (χ0n) is 14.1. The number of piperidine rings is 1. The van der Waals surface area contributed by atoms with E-state index in [0.717, 1.165) is 22.7 Å². The Morgan fingerprint density at radius 1 is 1.24 bits per heavy atom. The van der Waals surface area contributed by atoms with Crippen LogP contribution in [-0.4, -0.2) is 32.4 Å². The number of aromatic nitrogens is 3. The molecule has 0 radical (unpaired) electrons. The Hall–Kier alpha value is -1.76. The van der Waals surface area contributed by atoms with E-state index in [1.807, 2.05) is 30.5 Å². The van der Waals surface area contributed by atoms with Crippen LogP contribution >= 0.6 is 22.9 Å². The molecule has 0 amide bonds. The van der Waals surface area contributed by atoms with E-state index >= 15 is 0 Å². The highest BCUT2D eigenvalue weighted by Crippen LogP contribution is 2.28. The Morgan fingerprint density at radius 3 is 2.84 bits per heavy atom. The SMILES string of the molecule is CC1CCCCN1Cc1cnc(Nc2nc3ccccc3nc2Cl)s1. The molecule has 1 fully saturated rings. The molecule has 25 heavy (non-hydrogen) atoms. The summed E-state index contributed by atoms with van der Waals surface area (Å²) in [6.45, 7) is 4.44. The van der Waals surface area contributed by atoms with Crippen LogP contribution < -0.4 is 5.32 Å². The fraction of sp³-hybridized carbons (Fsp3) is 0.389. The minimum atomic E-state index is 0.361. The lowest BCUT2D eigenvalue weighted by Crippen LogP contribution is -2.36. The highest BCUT2D eigenvalue weighted by Gasteiger charge is 2.19. The summed E-state index contributed by atoms with van der Waals surface area (Å²) in [5.74, 6) is 0.549. The summed E-state index contributed by atoms with van der Waals surface area (Å²) in [4.78, 5) is 17.2. The largest absolute Gasteiger partial charge is 0.314 e. The van der Waals surface area contributed by atoms with Crippen molar-refractivity contribution in [2.75, 3.05) is 11.9 Å². The van der Waals surface area contributed by atoms with E-state index in [9.17, 15) is 0 Å². The molecule has 4 rings (SSSR count). The van der Waals surface area contributed by atoms with Gasteiger partial charge in [0.25, 0.3) is 0 Å². The summed E-state index contributed by atoms with van der Waals surface area (Å²) in [7, 11) is 0. The quantitative estimate of drug-likeness (QED) is 0.707. The van der Waals surface area contributed by atoms with Gasteiger partial charge in [-0.15, -0.1) is 11.3 Å². The van der Waals surface area contributed by atoms with Crippen LogP contribution in [0.5, 0.6) is 0 Å². The molecule has 1 aliphatic rings. The first kappa shape index (κ1) is 16.7. The van der Waals surface area contributed by atoms with Crippen molar-refractivity contribution in [3.63, 3.8) is 0 Å². The van der Waals surface area contributed by atoms with Crippen molar-refractivity contribution in [1.29, 1.82) is 0 Å². The number of thiazole rings is 1. The maximum atomic E-state index is 6.27. The predicted octanol–water partition coefficient (Wildman–Crippen LogP) is 4.86. The van der Waals surface area contributed by atoms with E-state index in [0.29, 0.717) is 17.0 Å². The molecule has 0 spiro atoms. The van der Waals surface area contributed by atoms with Gasteiger partial charge in [-0.2, -0.15) is 0 Å². The topological polar surface area (TPSA) is 53.9 Å².